The number of carbonyl (C=O) groups is 1. The number of amides is 1. The van der Waals surface area contributed by atoms with Crippen molar-refractivity contribution in [3.8, 4) is 11.5 Å². The van der Waals surface area contributed by atoms with E-state index in [4.69, 9.17) is 21.1 Å². The average Bonchev–Trinajstić information content (AvgIpc) is 3.03. The molecule has 0 fully saturated rings. The lowest BCUT2D eigenvalue weighted by Gasteiger charge is -2.19. The molecule has 31 heavy (non-hydrogen) atoms. The van der Waals surface area contributed by atoms with Gasteiger partial charge in [0.2, 0.25) is 10.0 Å². The van der Waals surface area contributed by atoms with Crippen LogP contribution < -0.4 is 14.8 Å². The molecular weight excluding hydrogens is 440 g/mol. The fraction of sp³-hybridized carbons (Fsp3) is 0.409. The summed E-state index contributed by atoms with van der Waals surface area (Å²) in [5.74, 6) is 0.668. The van der Waals surface area contributed by atoms with E-state index in [2.05, 4.69) is 5.32 Å². The van der Waals surface area contributed by atoms with Crippen molar-refractivity contribution in [1.82, 2.24) is 4.31 Å². The van der Waals surface area contributed by atoms with Crippen molar-refractivity contribution in [2.75, 3.05) is 25.0 Å². The number of benzene rings is 2. The zero-order valence-corrected chi connectivity index (χ0v) is 19.6. The fourth-order valence-corrected chi connectivity index (χ4v) is 5.15. The molecule has 0 unspecified atom stereocenters. The molecule has 0 bridgehead atoms. The molecule has 1 amide bonds. The lowest BCUT2D eigenvalue weighted by atomic mass is 10.0. The molecule has 2 aromatic rings. The summed E-state index contributed by atoms with van der Waals surface area (Å²) >= 11 is 6.18. The van der Waals surface area contributed by atoms with Gasteiger partial charge in [-0.1, -0.05) is 37.6 Å². The molecule has 1 aliphatic heterocycles. The number of sulfonamides is 1. The number of fused-ring (bicyclic) bond motifs is 1. The summed E-state index contributed by atoms with van der Waals surface area (Å²) in [7, 11) is -3.67. The molecule has 0 spiro atoms. The van der Waals surface area contributed by atoms with Gasteiger partial charge >= 0.3 is 0 Å². The van der Waals surface area contributed by atoms with Crippen molar-refractivity contribution in [3.63, 3.8) is 0 Å². The maximum atomic E-state index is 12.7. The van der Waals surface area contributed by atoms with E-state index in [-0.39, 0.29) is 27.8 Å². The first kappa shape index (κ1) is 23.4. The Morgan fingerprint density at radius 1 is 1.23 bits per heavy atom. The number of para-hydroxylation sites is 1. The summed E-state index contributed by atoms with van der Waals surface area (Å²) in [6, 6.07) is 9.81. The molecular formula is C22H27ClN2O5S. The van der Waals surface area contributed by atoms with Crippen LogP contribution in [0.1, 0.15) is 33.3 Å². The Morgan fingerprint density at radius 2 is 1.94 bits per heavy atom. The third-order valence-corrected chi connectivity index (χ3v) is 7.34. The third kappa shape index (κ3) is 5.14. The van der Waals surface area contributed by atoms with Crippen LogP contribution in [0.25, 0.3) is 0 Å². The van der Waals surface area contributed by atoms with E-state index in [0.717, 1.165) is 12.0 Å². The average molecular weight is 467 g/mol. The highest BCUT2D eigenvalue weighted by atomic mass is 35.5. The molecule has 1 aliphatic rings. The summed E-state index contributed by atoms with van der Waals surface area (Å²) in [5.41, 5.74) is 0.911. The quantitative estimate of drug-likeness (QED) is 0.633. The minimum absolute atomic E-state index is 0.0633. The van der Waals surface area contributed by atoms with Gasteiger partial charge in [-0.15, -0.1) is 0 Å². The standard InChI is InChI=1S/C22H27ClN2O5S/c1-5-25(6-2)31(27,28)16-10-11-17(23)18(12-16)24-20(26)14-29-19-9-7-8-15-13-22(3,4)30-21(15)19/h7-12H,5-6,13-14H2,1-4H3,(H,24,26). The summed E-state index contributed by atoms with van der Waals surface area (Å²) in [6.07, 6.45) is 0.759. The van der Waals surface area contributed by atoms with Crippen LogP contribution in [0.3, 0.4) is 0 Å². The number of anilines is 1. The van der Waals surface area contributed by atoms with E-state index in [9.17, 15) is 13.2 Å². The van der Waals surface area contributed by atoms with Crippen LogP contribution in [0, 0.1) is 0 Å². The largest absolute Gasteiger partial charge is 0.483 e. The Labute approximate surface area is 188 Å². The minimum Gasteiger partial charge on any atom is -0.483 e. The second-order valence-corrected chi connectivity index (χ2v) is 10.2. The maximum absolute atomic E-state index is 12.7. The van der Waals surface area contributed by atoms with E-state index in [1.165, 1.54) is 22.5 Å². The molecule has 0 radical (unpaired) electrons. The van der Waals surface area contributed by atoms with Crippen molar-refractivity contribution in [2.45, 2.75) is 44.6 Å². The van der Waals surface area contributed by atoms with Gasteiger partial charge < -0.3 is 14.8 Å². The molecule has 168 valence electrons. The Kier molecular flexibility index (Phi) is 6.83. The van der Waals surface area contributed by atoms with Crippen LogP contribution in [-0.4, -0.2) is 43.9 Å². The van der Waals surface area contributed by atoms with Crippen LogP contribution in [0.15, 0.2) is 41.3 Å². The molecule has 9 heteroatoms. The van der Waals surface area contributed by atoms with Crippen LogP contribution in [0.5, 0.6) is 11.5 Å². The normalized spacial score (nSPS) is 14.8. The molecule has 0 atom stereocenters. The smallest absolute Gasteiger partial charge is 0.262 e. The molecule has 0 saturated carbocycles. The van der Waals surface area contributed by atoms with Gasteiger partial charge in [-0.2, -0.15) is 4.31 Å². The van der Waals surface area contributed by atoms with Crippen LogP contribution in [-0.2, 0) is 21.2 Å². The SMILES string of the molecule is CCN(CC)S(=O)(=O)c1ccc(Cl)c(NC(=O)COc2cccc3c2OC(C)(C)C3)c1. The lowest BCUT2D eigenvalue weighted by Crippen LogP contribution is -2.30. The first-order valence-corrected chi connectivity index (χ1v) is 11.9. The van der Waals surface area contributed by atoms with E-state index < -0.39 is 15.9 Å². The minimum atomic E-state index is -3.67. The number of hydrogen-bond acceptors (Lipinski definition) is 5. The van der Waals surface area contributed by atoms with Gasteiger partial charge in [0.25, 0.3) is 5.91 Å². The number of rotatable bonds is 8. The van der Waals surface area contributed by atoms with E-state index in [0.29, 0.717) is 24.6 Å². The highest BCUT2D eigenvalue weighted by Crippen LogP contribution is 2.41. The number of hydrogen-bond donors (Lipinski definition) is 1. The van der Waals surface area contributed by atoms with Crippen molar-refractivity contribution in [3.05, 3.63) is 47.0 Å². The van der Waals surface area contributed by atoms with Gasteiger partial charge in [-0.3, -0.25) is 4.79 Å². The molecule has 3 rings (SSSR count). The topological polar surface area (TPSA) is 84.9 Å². The number of nitrogens with one attached hydrogen (secondary N) is 1. The van der Waals surface area contributed by atoms with Crippen LogP contribution >= 0.6 is 11.6 Å². The molecule has 7 nitrogen and oxygen atoms in total. The van der Waals surface area contributed by atoms with E-state index >= 15 is 0 Å². The number of ether oxygens (including phenoxy) is 2. The van der Waals surface area contributed by atoms with Crippen LogP contribution in [0.2, 0.25) is 5.02 Å². The molecule has 1 heterocycles. The predicted molar refractivity (Wildman–Crippen MR) is 121 cm³/mol. The highest BCUT2D eigenvalue weighted by Gasteiger charge is 2.32. The molecule has 0 aliphatic carbocycles. The van der Waals surface area contributed by atoms with Gasteiger partial charge in [0.05, 0.1) is 15.6 Å². The van der Waals surface area contributed by atoms with E-state index in [1.807, 2.05) is 26.0 Å². The molecule has 1 N–H and O–H groups in total. The zero-order chi connectivity index (χ0) is 22.8. The summed E-state index contributed by atoms with van der Waals surface area (Å²) in [6.45, 7) is 7.93. The predicted octanol–water partition coefficient (Wildman–Crippen LogP) is 4.10. The lowest BCUT2D eigenvalue weighted by molar-refractivity contribution is -0.118. The first-order valence-electron chi connectivity index (χ1n) is 10.1. The number of nitrogens with zero attached hydrogens (tertiary/aromatic N) is 1. The summed E-state index contributed by atoms with van der Waals surface area (Å²) in [5, 5.41) is 2.87. The monoisotopic (exact) mass is 466 g/mol. The maximum Gasteiger partial charge on any atom is 0.262 e. The number of halogens is 1. The van der Waals surface area contributed by atoms with Gasteiger partial charge in [-0.25, -0.2) is 8.42 Å². The second-order valence-electron chi connectivity index (χ2n) is 7.85. The number of carbonyl (C=O) groups excluding carboxylic acids is 1. The Balaban J connectivity index is 1.72. The van der Waals surface area contributed by atoms with Crippen molar-refractivity contribution in [2.24, 2.45) is 0 Å². The van der Waals surface area contributed by atoms with Gasteiger partial charge in [0.15, 0.2) is 18.1 Å². The molecule has 0 aromatic heterocycles. The zero-order valence-electron chi connectivity index (χ0n) is 18.1. The van der Waals surface area contributed by atoms with Crippen molar-refractivity contribution in [1.29, 1.82) is 0 Å². The molecule has 0 saturated heterocycles. The Hall–Kier alpha value is -2.29. The fourth-order valence-electron chi connectivity index (χ4n) is 3.50. The van der Waals surface area contributed by atoms with Crippen molar-refractivity contribution >= 4 is 33.2 Å². The summed E-state index contributed by atoms with van der Waals surface area (Å²) in [4.78, 5) is 12.5. The molecule has 2 aromatic carbocycles. The third-order valence-electron chi connectivity index (χ3n) is 4.97. The van der Waals surface area contributed by atoms with Crippen molar-refractivity contribution < 1.29 is 22.7 Å². The van der Waals surface area contributed by atoms with E-state index in [1.54, 1.807) is 19.9 Å². The second kappa shape index (κ2) is 9.06. The Morgan fingerprint density at radius 3 is 2.61 bits per heavy atom. The Bertz CT molecular complexity index is 1080. The summed E-state index contributed by atoms with van der Waals surface area (Å²) < 4.78 is 38.5. The van der Waals surface area contributed by atoms with Gasteiger partial charge in [-0.05, 0) is 38.1 Å². The van der Waals surface area contributed by atoms with Gasteiger partial charge in [0.1, 0.15) is 5.60 Å². The first-order chi connectivity index (χ1) is 14.6. The van der Waals surface area contributed by atoms with Crippen LogP contribution in [0.4, 0.5) is 5.69 Å². The van der Waals surface area contributed by atoms with Gasteiger partial charge in [0, 0.05) is 25.1 Å². The highest BCUT2D eigenvalue weighted by molar-refractivity contribution is 7.89.